The van der Waals surface area contributed by atoms with E-state index in [9.17, 15) is 14.4 Å². The summed E-state index contributed by atoms with van der Waals surface area (Å²) in [6, 6.07) is 4.88. The van der Waals surface area contributed by atoms with Crippen molar-refractivity contribution in [1.29, 1.82) is 0 Å². The molecule has 22 heavy (non-hydrogen) atoms. The van der Waals surface area contributed by atoms with E-state index in [1.54, 1.807) is 36.9 Å². The van der Waals surface area contributed by atoms with Crippen LogP contribution in [-0.4, -0.2) is 28.1 Å². The number of ketones is 2. The van der Waals surface area contributed by atoms with Crippen LogP contribution in [0.5, 0.6) is 0 Å². The van der Waals surface area contributed by atoms with Crippen LogP contribution in [0.15, 0.2) is 29.8 Å². The summed E-state index contributed by atoms with van der Waals surface area (Å²) >= 11 is 1.39. The number of aromatic nitrogens is 1. The van der Waals surface area contributed by atoms with E-state index < -0.39 is 0 Å². The maximum absolute atomic E-state index is 12.2. The lowest BCUT2D eigenvalue weighted by atomic mass is 10.1. The molecule has 0 saturated carbocycles. The first-order valence-electron chi connectivity index (χ1n) is 6.93. The van der Waals surface area contributed by atoms with E-state index in [4.69, 9.17) is 0 Å². The van der Waals surface area contributed by atoms with Gasteiger partial charge in [0.15, 0.2) is 11.6 Å². The Morgan fingerprint density at radius 2 is 2.09 bits per heavy atom. The monoisotopic (exact) mass is 318 g/mol. The average molecular weight is 318 g/mol. The molecule has 1 amide bonds. The molecule has 2 aromatic rings. The van der Waals surface area contributed by atoms with E-state index in [0.717, 1.165) is 0 Å². The first-order valence-corrected chi connectivity index (χ1v) is 7.81. The number of aryl methyl sites for hydroxylation is 1. The number of nitrogens with one attached hydrogen (secondary N) is 1. The Balaban J connectivity index is 1.99. The normalized spacial score (nSPS) is 12.0. The Labute approximate surface area is 133 Å². The number of carbonyl (C=O) groups excluding carboxylic acids is 3. The fourth-order valence-electron chi connectivity index (χ4n) is 2.15. The third kappa shape index (κ3) is 3.71. The van der Waals surface area contributed by atoms with Crippen molar-refractivity contribution >= 4 is 28.8 Å². The molecule has 0 radical (unpaired) electrons. The van der Waals surface area contributed by atoms with Crippen molar-refractivity contribution in [2.24, 2.45) is 7.05 Å². The van der Waals surface area contributed by atoms with Crippen LogP contribution < -0.4 is 5.32 Å². The lowest BCUT2D eigenvalue weighted by Gasteiger charge is -2.13. The molecule has 2 heterocycles. The number of amides is 1. The second-order valence-corrected chi connectivity index (χ2v) is 6.21. The van der Waals surface area contributed by atoms with E-state index in [-0.39, 0.29) is 29.9 Å². The minimum absolute atomic E-state index is 0.0131. The second kappa shape index (κ2) is 6.70. The quantitative estimate of drug-likeness (QED) is 0.833. The van der Waals surface area contributed by atoms with E-state index in [2.05, 4.69) is 5.32 Å². The molecule has 0 saturated heterocycles. The standard InChI is InChI=1S/C16H18N2O3S/c1-10(7-14(20)15-5-4-6-22-15)17-16(21)13-8-12(11(2)19)9-18(13)3/h4-6,8-10H,7H2,1-3H3,(H,17,21)/t10-/m1/s1. The highest BCUT2D eigenvalue weighted by Gasteiger charge is 2.18. The SMILES string of the molecule is CC(=O)c1cc(C(=O)N[C@H](C)CC(=O)c2cccs2)n(C)c1. The van der Waals surface area contributed by atoms with Gasteiger partial charge in [-0.1, -0.05) is 6.07 Å². The summed E-state index contributed by atoms with van der Waals surface area (Å²) in [6.07, 6.45) is 1.87. The topological polar surface area (TPSA) is 68.2 Å². The predicted octanol–water partition coefficient (Wildman–Crippen LogP) is 2.68. The summed E-state index contributed by atoms with van der Waals surface area (Å²) in [7, 11) is 1.71. The largest absolute Gasteiger partial charge is 0.348 e. The molecule has 5 nitrogen and oxygen atoms in total. The van der Waals surface area contributed by atoms with Gasteiger partial charge in [-0.25, -0.2) is 0 Å². The Kier molecular flexibility index (Phi) is 4.92. The summed E-state index contributed by atoms with van der Waals surface area (Å²) in [6.45, 7) is 3.25. The Morgan fingerprint density at radius 3 is 2.64 bits per heavy atom. The van der Waals surface area contributed by atoms with Gasteiger partial charge in [0, 0.05) is 31.3 Å². The van der Waals surface area contributed by atoms with Crippen LogP contribution in [0, 0.1) is 0 Å². The highest BCUT2D eigenvalue weighted by Crippen LogP contribution is 2.13. The van der Waals surface area contributed by atoms with Crippen molar-refractivity contribution in [3.8, 4) is 0 Å². The fraction of sp³-hybridized carbons (Fsp3) is 0.312. The van der Waals surface area contributed by atoms with Gasteiger partial charge >= 0.3 is 0 Å². The van der Waals surface area contributed by atoms with Gasteiger partial charge in [-0.05, 0) is 31.4 Å². The zero-order valence-corrected chi connectivity index (χ0v) is 13.6. The van der Waals surface area contributed by atoms with Crippen LogP contribution in [0.4, 0.5) is 0 Å². The average Bonchev–Trinajstić information content (AvgIpc) is 3.07. The van der Waals surface area contributed by atoms with Gasteiger partial charge in [-0.2, -0.15) is 0 Å². The second-order valence-electron chi connectivity index (χ2n) is 5.26. The minimum atomic E-state index is -0.290. The molecule has 2 aromatic heterocycles. The number of nitrogens with zero attached hydrogens (tertiary/aromatic N) is 1. The van der Waals surface area contributed by atoms with Crippen LogP contribution in [-0.2, 0) is 7.05 Å². The number of hydrogen-bond donors (Lipinski definition) is 1. The van der Waals surface area contributed by atoms with Gasteiger partial charge in [0.05, 0.1) is 4.88 Å². The van der Waals surface area contributed by atoms with Crippen LogP contribution in [0.2, 0.25) is 0 Å². The number of hydrogen-bond acceptors (Lipinski definition) is 4. The van der Waals surface area contributed by atoms with E-state index in [1.165, 1.54) is 18.3 Å². The minimum Gasteiger partial charge on any atom is -0.348 e. The van der Waals surface area contributed by atoms with E-state index in [0.29, 0.717) is 16.1 Å². The number of Topliss-reactive ketones (excluding diaryl/α,β-unsaturated/α-hetero) is 2. The molecule has 0 aliphatic rings. The summed E-state index contributed by atoms with van der Waals surface area (Å²) < 4.78 is 1.61. The maximum atomic E-state index is 12.2. The van der Waals surface area contributed by atoms with Crippen molar-refractivity contribution in [2.45, 2.75) is 26.3 Å². The number of thiophene rings is 1. The van der Waals surface area contributed by atoms with Crippen molar-refractivity contribution in [2.75, 3.05) is 0 Å². The Bertz CT molecular complexity index is 701. The lowest BCUT2D eigenvalue weighted by Crippen LogP contribution is -2.35. The van der Waals surface area contributed by atoms with Gasteiger partial charge in [0.1, 0.15) is 5.69 Å². The first kappa shape index (κ1) is 16.2. The molecule has 0 aliphatic heterocycles. The zero-order chi connectivity index (χ0) is 16.3. The zero-order valence-electron chi connectivity index (χ0n) is 12.8. The molecule has 1 atom stereocenters. The number of carbonyl (C=O) groups is 3. The summed E-state index contributed by atoms with van der Waals surface area (Å²) in [5, 5.41) is 4.65. The van der Waals surface area contributed by atoms with Crippen LogP contribution in [0.3, 0.4) is 0 Å². The molecule has 0 unspecified atom stereocenters. The van der Waals surface area contributed by atoms with Crippen molar-refractivity contribution in [3.63, 3.8) is 0 Å². The van der Waals surface area contributed by atoms with Gasteiger partial charge in [0.2, 0.25) is 0 Å². The lowest BCUT2D eigenvalue weighted by molar-refractivity contribution is 0.0912. The molecule has 116 valence electrons. The van der Waals surface area contributed by atoms with Gasteiger partial charge < -0.3 is 9.88 Å². The summed E-state index contributed by atoms with van der Waals surface area (Å²) in [4.78, 5) is 36.3. The summed E-state index contributed by atoms with van der Waals surface area (Å²) in [5.74, 6) is -0.365. The Morgan fingerprint density at radius 1 is 1.36 bits per heavy atom. The fourth-order valence-corrected chi connectivity index (χ4v) is 2.82. The van der Waals surface area contributed by atoms with Gasteiger partial charge in [-0.3, -0.25) is 14.4 Å². The molecule has 0 fully saturated rings. The van der Waals surface area contributed by atoms with E-state index >= 15 is 0 Å². The molecule has 6 heteroatoms. The molecule has 0 spiro atoms. The Hall–Kier alpha value is -2.21. The third-order valence-electron chi connectivity index (χ3n) is 3.31. The van der Waals surface area contributed by atoms with Crippen molar-refractivity contribution in [3.05, 3.63) is 45.9 Å². The van der Waals surface area contributed by atoms with Crippen LogP contribution in [0.25, 0.3) is 0 Å². The van der Waals surface area contributed by atoms with Crippen LogP contribution in [0.1, 0.15) is 50.8 Å². The molecule has 0 aromatic carbocycles. The predicted molar refractivity (Wildman–Crippen MR) is 85.6 cm³/mol. The van der Waals surface area contributed by atoms with Crippen LogP contribution >= 0.6 is 11.3 Å². The van der Waals surface area contributed by atoms with E-state index in [1.807, 2.05) is 11.4 Å². The number of rotatable bonds is 6. The molecule has 1 N–H and O–H groups in total. The van der Waals surface area contributed by atoms with Crippen molar-refractivity contribution in [1.82, 2.24) is 9.88 Å². The first-order chi connectivity index (χ1) is 10.4. The highest BCUT2D eigenvalue weighted by atomic mass is 32.1. The molecule has 0 aliphatic carbocycles. The molecular formula is C16H18N2O3S. The molecular weight excluding hydrogens is 300 g/mol. The summed E-state index contributed by atoms with van der Waals surface area (Å²) in [5.41, 5.74) is 0.899. The highest BCUT2D eigenvalue weighted by molar-refractivity contribution is 7.12. The third-order valence-corrected chi connectivity index (χ3v) is 4.22. The van der Waals surface area contributed by atoms with Gasteiger partial charge in [0.25, 0.3) is 5.91 Å². The molecule has 2 rings (SSSR count). The maximum Gasteiger partial charge on any atom is 0.268 e. The molecule has 0 bridgehead atoms. The van der Waals surface area contributed by atoms with Crippen molar-refractivity contribution < 1.29 is 14.4 Å². The smallest absolute Gasteiger partial charge is 0.268 e. The van der Waals surface area contributed by atoms with Gasteiger partial charge in [-0.15, -0.1) is 11.3 Å².